The predicted octanol–water partition coefficient (Wildman–Crippen LogP) is 3.91. The highest BCUT2D eigenvalue weighted by molar-refractivity contribution is 7.85. The Bertz CT molecular complexity index is 391. The Morgan fingerprint density at radius 1 is 1.15 bits per heavy atom. The van der Waals surface area contributed by atoms with Gasteiger partial charge in [0.15, 0.2) is 0 Å². The maximum atomic E-state index is 12.7. The third-order valence-corrected chi connectivity index (χ3v) is 5.69. The monoisotopic (exact) mass is 295 g/mol. The SMILES string of the molecule is CCCCS(=O)C(C(C)C)C(NCC)c1ccccc1. The summed E-state index contributed by atoms with van der Waals surface area (Å²) in [6.07, 6.45) is 2.15. The number of nitrogens with one attached hydrogen (secondary N) is 1. The average molecular weight is 295 g/mol. The topological polar surface area (TPSA) is 29.1 Å². The molecule has 0 spiro atoms. The molecule has 0 saturated carbocycles. The van der Waals surface area contributed by atoms with Crippen LogP contribution < -0.4 is 5.32 Å². The maximum absolute atomic E-state index is 12.7. The van der Waals surface area contributed by atoms with Crippen molar-refractivity contribution in [2.24, 2.45) is 5.92 Å². The van der Waals surface area contributed by atoms with E-state index in [0.717, 1.165) is 25.1 Å². The summed E-state index contributed by atoms with van der Waals surface area (Å²) in [7, 11) is -0.782. The largest absolute Gasteiger partial charge is 0.309 e. The molecule has 0 saturated heterocycles. The van der Waals surface area contributed by atoms with Gasteiger partial charge in [-0.3, -0.25) is 4.21 Å². The molecule has 0 amide bonds. The van der Waals surface area contributed by atoms with E-state index in [4.69, 9.17) is 0 Å². The van der Waals surface area contributed by atoms with E-state index in [1.165, 1.54) is 5.56 Å². The molecule has 0 radical (unpaired) electrons. The minimum absolute atomic E-state index is 0.170. The summed E-state index contributed by atoms with van der Waals surface area (Å²) in [4.78, 5) is 0. The molecular formula is C17H29NOS. The van der Waals surface area contributed by atoms with E-state index in [2.05, 4.69) is 57.3 Å². The molecule has 1 aromatic carbocycles. The Morgan fingerprint density at radius 2 is 1.80 bits per heavy atom. The lowest BCUT2D eigenvalue weighted by atomic mass is 9.96. The van der Waals surface area contributed by atoms with Gasteiger partial charge in [0.05, 0.1) is 5.25 Å². The van der Waals surface area contributed by atoms with Crippen LogP contribution in [0.25, 0.3) is 0 Å². The van der Waals surface area contributed by atoms with Crippen LogP contribution in [0.15, 0.2) is 30.3 Å². The van der Waals surface area contributed by atoms with Crippen molar-refractivity contribution >= 4 is 10.8 Å². The van der Waals surface area contributed by atoms with Crippen molar-refractivity contribution in [1.82, 2.24) is 5.32 Å². The molecule has 3 unspecified atom stereocenters. The highest BCUT2D eigenvalue weighted by Gasteiger charge is 2.30. The van der Waals surface area contributed by atoms with Gasteiger partial charge in [-0.15, -0.1) is 0 Å². The van der Waals surface area contributed by atoms with Crippen molar-refractivity contribution in [2.75, 3.05) is 12.3 Å². The zero-order valence-electron chi connectivity index (χ0n) is 13.3. The molecular weight excluding hydrogens is 266 g/mol. The molecule has 0 aliphatic carbocycles. The minimum atomic E-state index is -0.782. The molecule has 2 nitrogen and oxygen atoms in total. The molecule has 0 aliphatic rings. The Morgan fingerprint density at radius 3 is 2.30 bits per heavy atom. The van der Waals surface area contributed by atoms with Gasteiger partial charge in [0, 0.05) is 22.6 Å². The smallest absolute Gasteiger partial charge is 0.0565 e. The fourth-order valence-corrected chi connectivity index (χ4v) is 4.58. The van der Waals surface area contributed by atoms with E-state index in [0.29, 0.717) is 5.92 Å². The first kappa shape index (κ1) is 17.4. The highest BCUT2D eigenvalue weighted by atomic mass is 32.2. The van der Waals surface area contributed by atoms with Crippen molar-refractivity contribution in [1.29, 1.82) is 0 Å². The van der Waals surface area contributed by atoms with Crippen LogP contribution in [0, 0.1) is 5.92 Å². The van der Waals surface area contributed by atoms with E-state index >= 15 is 0 Å². The van der Waals surface area contributed by atoms with E-state index < -0.39 is 10.8 Å². The lowest BCUT2D eigenvalue weighted by Gasteiger charge is -2.30. The Labute approximate surface area is 126 Å². The molecule has 3 heteroatoms. The van der Waals surface area contributed by atoms with Gasteiger partial charge in [0.25, 0.3) is 0 Å². The first-order chi connectivity index (χ1) is 9.61. The molecule has 114 valence electrons. The van der Waals surface area contributed by atoms with Crippen molar-refractivity contribution in [2.45, 2.75) is 51.8 Å². The number of hydrogen-bond acceptors (Lipinski definition) is 2. The normalized spacial score (nSPS) is 16.1. The highest BCUT2D eigenvalue weighted by Crippen LogP contribution is 2.27. The van der Waals surface area contributed by atoms with Gasteiger partial charge in [-0.25, -0.2) is 0 Å². The van der Waals surface area contributed by atoms with Crippen LogP contribution in [0.5, 0.6) is 0 Å². The Balaban J connectivity index is 2.97. The quantitative estimate of drug-likeness (QED) is 0.748. The van der Waals surface area contributed by atoms with E-state index in [1.54, 1.807) is 0 Å². The van der Waals surface area contributed by atoms with Crippen LogP contribution in [-0.2, 0) is 10.8 Å². The molecule has 0 bridgehead atoms. The number of rotatable bonds is 9. The van der Waals surface area contributed by atoms with E-state index in [1.807, 2.05) is 6.07 Å². The zero-order valence-corrected chi connectivity index (χ0v) is 14.1. The average Bonchev–Trinajstić information content (AvgIpc) is 2.45. The van der Waals surface area contributed by atoms with Gasteiger partial charge in [-0.05, 0) is 24.4 Å². The summed E-state index contributed by atoms with van der Waals surface area (Å²) < 4.78 is 12.7. The van der Waals surface area contributed by atoms with Gasteiger partial charge in [0.2, 0.25) is 0 Å². The molecule has 3 atom stereocenters. The summed E-state index contributed by atoms with van der Waals surface area (Å²) >= 11 is 0. The van der Waals surface area contributed by atoms with Crippen LogP contribution in [0.2, 0.25) is 0 Å². The van der Waals surface area contributed by atoms with Crippen LogP contribution in [-0.4, -0.2) is 21.8 Å². The second-order valence-electron chi connectivity index (χ2n) is 5.59. The molecule has 0 heterocycles. The lowest BCUT2D eigenvalue weighted by Crippen LogP contribution is -2.39. The third-order valence-electron chi connectivity index (χ3n) is 3.57. The predicted molar refractivity (Wildman–Crippen MR) is 89.4 cm³/mol. The van der Waals surface area contributed by atoms with Crippen LogP contribution >= 0.6 is 0 Å². The minimum Gasteiger partial charge on any atom is -0.309 e. The van der Waals surface area contributed by atoms with Crippen molar-refractivity contribution in [3.63, 3.8) is 0 Å². The molecule has 0 aliphatic heterocycles. The van der Waals surface area contributed by atoms with E-state index in [9.17, 15) is 4.21 Å². The van der Waals surface area contributed by atoms with Crippen molar-refractivity contribution < 1.29 is 4.21 Å². The van der Waals surface area contributed by atoms with Gasteiger partial charge in [-0.1, -0.05) is 64.4 Å². The first-order valence-electron chi connectivity index (χ1n) is 7.77. The second kappa shape index (κ2) is 9.30. The number of hydrogen-bond donors (Lipinski definition) is 1. The Kier molecular flexibility index (Phi) is 8.08. The molecule has 0 fully saturated rings. The van der Waals surface area contributed by atoms with Gasteiger partial charge < -0.3 is 5.32 Å². The third kappa shape index (κ3) is 5.02. The van der Waals surface area contributed by atoms with Crippen LogP contribution in [0.4, 0.5) is 0 Å². The maximum Gasteiger partial charge on any atom is 0.0565 e. The number of benzene rings is 1. The van der Waals surface area contributed by atoms with Gasteiger partial charge in [-0.2, -0.15) is 0 Å². The first-order valence-corrected chi connectivity index (χ1v) is 9.15. The zero-order chi connectivity index (χ0) is 15.0. The summed E-state index contributed by atoms with van der Waals surface area (Å²) in [5, 5.41) is 3.71. The molecule has 1 N–H and O–H groups in total. The van der Waals surface area contributed by atoms with Crippen LogP contribution in [0.3, 0.4) is 0 Å². The second-order valence-corrected chi connectivity index (χ2v) is 7.31. The molecule has 1 rings (SSSR count). The fourth-order valence-electron chi connectivity index (χ4n) is 2.57. The molecule has 1 aromatic rings. The van der Waals surface area contributed by atoms with Crippen molar-refractivity contribution in [3.05, 3.63) is 35.9 Å². The number of unbranched alkanes of at least 4 members (excludes halogenated alkanes) is 1. The molecule has 20 heavy (non-hydrogen) atoms. The Hall–Kier alpha value is -0.670. The molecule has 0 aromatic heterocycles. The van der Waals surface area contributed by atoms with Gasteiger partial charge in [0.1, 0.15) is 0 Å². The summed E-state index contributed by atoms with van der Waals surface area (Å²) in [6.45, 7) is 9.53. The summed E-state index contributed by atoms with van der Waals surface area (Å²) in [6, 6.07) is 10.6. The standard InChI is InChI=1S/C17H29NOS/c1-5-7-13-20(19)17(14(3)4)16(18-6-2)15-11-9-8-10-12-15/h8-12,14,16-18H,5-7,13H2,1-4H3. The lowest BCUT2D eigenvalue weighted by molar-refractivity contribution is 0.443. The summed E-state index contributed by atoms with van der Waals surface area (Å²) in [5.74, 6) is 1.21. The van der Waals surface area contributed by atoms with Crippen molar-refractivity contribution in [3.8, 4) is 0 Å². The summed E-state index contributed by atoms with van der Waals surface area (Å²) in [5.41, 5.74) is 1.25. The van der Waals surface area contributed by atoms with Gasteiger partial charge >= 0.3 is 0 Å². The fraction of sp³-hybridized carbons (Fsp3) is 0.647. The van der Waals surface area contributed by atoms with E-state index in [-0.39, 0.29) is 11.3 Å². The van der Waals surface area contributed by atoms with Crippen LogP contribution in [0.1, 0.15) is 52.1 Å².